The third-order valence-corrected chi connectivity index (χ3v) is 3.31. The SMILES string of the molecule is Cc1ccc(C)c(NC(=O)[C@@H]2CC[C@H](CN)O2)c1.Cl. The monoisotopic (exact) mass is 284 g/mol. The Kier molecular flexibility index (Phi) is 5.79. The predicted molar refractivity (Wildman–Crippen MR) is 78.7 cm³/mol. The van der Waals surface area contributed by atoms with Gasteiger partial charge in [0, 0.05) is 12.2 Å². The molecule has 1 saturated heterocycles. The Morgan fingerprint density at radius 3 is 2.79 bits per heavy atom. The van der Waals surface area contributed by atoms with Crippen LogP contribution in [0.1, 0.15) is 24.0 Å². The van der Waals surface area contributed by atoms with Crippen LogP contribution in [0.4, 0.5) is 5.69 Å². The Morgan fingerprint density at radius 2 is 2.16 bits per heavy atom. The number of hydrogen-bond acceptors (Lipinski definition) is 3. The molecule has 0 aliphatic carbocycles. The lowest BCUT2D eigenvalue weighted by Crippen LogP contribution is -2.30. The fourth-order valence-electron chi connectivity index (χ4n) is 2.16. The summed E-state index contributed by atoms with van der Waals surface area (Å²) in [6.45, 7) is 4.46. The highest BCUT2D eigenvalue weighted by Crippen LogP contribution is 2.22. The Bertz CT molecular complexity index is 451. The van der Waals surface area contributed by atoms with Gasteiger partial charge in [-0.05, 0) is 43.9 Å². The molecular formula is C14H21ClN2O2. The van der Waals surface area contributed by atoms with Crippen molar-refractivity contribution in [3.63, 3.8) is 0 Å². The summed E-state index contributed by atoms with van der Waals surface area (Å²) in [6, 6.07) is 6.01. The first-order valence-corrected chi connectivity index (χ1v) is 6.34. The molecule has 4 nitrogen and oxygen atoms in total. The van der Waals surface area contributed by atoms with Crippen molar-refractivity contribution in [2.24, 2.45) is 5.73 Å². The molecule has 106 valence electrons. The van der Waals surface area contributed by atoms with Crippen LogP contribution < -0.4 is 11.1 Å². The number of nitrogens with one attached hydrogen (secondary N) is 1. The maximum atomic E-state index is 12.1. The number of hydrogen-bond donors (Lipinski definition) is 2. The molecule has 3 N–H and O–H groups in total. The predicted octanol–water partition coefficient (Wildman–Crippen LogP) is 2.17. The van der Waals surface area contributed by atoms with Gasteiger partial charge in [0.25, 0.3) is 5.91 Å². The van der Waals surface area contributed by atoms with Gasteiger partial charge in [0.15, 0.2) is 0 Å². The lowest BCUT2D eigenvalue weighted by Gasteiger charge is -2.14. The second-order valence-corrected chi connectivity index (χ2v) is 4.87. The summed E-state index contributed by atoms with van der Waals surface area (Å²) in [5.41, 5.74) is 8.58. The molecular weight excluding hydrogens is 264 g/mol. The van der Waals surface area contributed by atoms with Crippen LogP contribution >= 0.6 is 12.4 Å². The average Bonchev–Trinajstić information content (AvgIpc) is 2.82. The van der Waals surface area contributed by atoms with Crippen molar-refractivity contribution in [3.05, 3.63) is 29.3 Å². The van der Waals surface area contributed by atoms with Gasteiger partial charge in [0.2, 0.25) is 0 Å². The van der Waals surface area contributed by atoms with Crippen molar-refractivity contribution in [2.75, 3.05) is 11.9 Å². The molecule has 1 aliphatic heterocycles. The number of carbonyl (C=O) groups is 1. The van der Waals surface area contributed by atoms with Crippen LogP contribution in [0, 0.1) is 13.8 Å². The van der Waals surface area contributed by atoms with E-state index in [1.54, 1.807) is 0 Å². The van der Waals surface area contributed by atoms with Gasteiger partial charge >= 0.3 is 0 Å². The van der Waals surface area contributed by atoms with Crippen molar-refractivity contribution in [1.29, 1.82) is 0 Å². The molecule has 0 radical (unpaired) electrons. The summed E-state index contributed by atoms with van der Waals surface area (Å²) in [4.78, 5) is 12.1. The summed E-state index contributed by atoms with van der Waals surface area (Å²) < 4.78 is 5.58. The Balaban J connectivity index is 0.00000180. The number of aryl methyl sites for hydroxylation is 2. The molecule has 0 aromatic heterocycles. The van der Waals surface area contributed by atoms with Gasteiger partial charge < -0.3 is 15.8 Å². The molecule has 1 aromatic carbocycles. The van der Waals surface area contributed by atoms with E-state index in [9.17, 15) is 4.79 Å². The van der Waals surface area contributed by atoms with E-state index >= 15 is 0 Å². The number of nitrogens with two attached hydrogens (primary N) is 1. The smallest absolute Gasteiger partial charge is 0.253 e. The van der Waals surface area contributed by atoms with E-state index in [4.69, 9.17) is 10.5 Å². The fourth-order valence-corrected chi connectivity index (χ4v) is 2.16. The zero-order valence-electron chi connectivity index (χ0n) is 11.3. The number of ether oxygens (including phenoxy) is 1. The molecule has 2 atom stereocenters. The zero-order chi connectivity index (χ0) is 13.1. The minimum Gasteiger partial charge on any atom is -0.364 e. The molecule has 0 spiro atoms. The third kappa shape index (κ3) is 3.93. The van der Waals surface area contributed by atoms with Crippen molar-refractivity contribution in [2.45, 2.75) is 38.9 Å². The lowest BCUT2D eigenvalue weighted by atomic mass is 10.1. The Hall–Kier alpha value is -1.10. The van der Waals surface area contributed by atoms with Crippen molar-refractivity contribution < 1.29 is 9.53 Å². The normalized spacial score (nSPS) is 21.8. The molecule has 2 rings (SSSR count). The molecule has 0 saturated carbocycles. The third-order valence-electron chi connectivity index (χ3n) is 3.31. The quantitative estimate of drug-likeness (QED) is 0.894. The maximum absolute atomic E-state index is 12.1. The Morgan fingerprint density at radius 1 is 1.42 bits per heavy atom. The molecule has 0 bridgehead atoms. The minimum atomic E-state index is -0.363. The topological polar surface area (TPSA) is 64.4 Å². The van der Waals surface area contributed by atoms with E-state index in [1.165, 1.54) is 0 Å². The van der Waals surface area contributed by atoms with E-state index < -0.39 is 0 Å². The van der Waals surface area contributed by atoms with Crippen LogP contribution in [0.15, 0.2) is 18.2 Å². The standard InChI is InChI=1S/C14H20N2O2.ClH/c1-9-3-4-10(2)12(7-9)16-14(17)13-6-5-11(8-15)18-13;/h3-4,7,11,13H,5-6,8,15H2,1-2H3,(H,16,17);1H/t11-,13+;/m1./s1. The molecule has 1 aliphatic rings. The first kappa shape index (κ1) is 16.0. The van der Waals surface area contributed by atoms with E-state index in [2.05, 4.69) is 5.32 Å². The number of benzene rings is 1. The van der Waals surface area contributed by atoms with Crippen molar-refractivity contribution in [3.8, 4) is 0 Å². The molecule has 1 heterocycles. The van der Waals surface area contributed by atoms with Gasteiger partial charge in [-0.15, -0.1) is 12.4 Å². The Labute approximate surface area is 120 Å². The second kappa shape index (κ2) is 6.89. The van der Waals surface area contributed by atoms with Gasteiger partial charge in [-0.25, -0.2) is 0 Å². The van der Waals surface area contributed by atoms with Crippen molar-refractivity contribution in [1.82, 2.24) is 0 Å². The fraction of sp³-hybridized carbons (Fsp3) is 0.500. The molecule has 1 aromatic rings. The van der Waals surface area contributed by atoms with Crippen LogP contribution in [-0.2, 0) is 9.53 Å². The van der Waals surface area contributed by atoms with Crippen LogP contribution in [0.25, 0.3) is 0 Å². The summed E-state index contributed by atoms with van der Waals surface area (Å²) in [6.07, 6.45) is 1.28. The van der Waals surface area contributed by atoms with E-state index in [-0.39, 0.29) is 30.5 Å². The average molecular weight is 285 g/mol. The highest BCUT2D eigenvalue weighted by Gasteiger charge is 2.29. The highest BCUT2D eigenvalue weighted by atomic mass is 35.5. The minimum absolute atomic E-state index is 0. The molecule has 1 fully saturated rings. The molecule has 19 heavy (non-hydrogen) atoms. The summed E-state index contributed by atoms with van der Waals surface area (Å²) in [5.74, 6) is -0.0698. The first-order chi connectivity index (χ1) is 8.60. The number of rotatable bonds is 3. The van der Waals surface area contributed by atoms with Gasteiger partial charge in [0.05, 0.1) is 6.10 Å². The summed E-state index contributed by atoms with van der Waals surface area (Å²) in [7, 11) is 0. The largest absolute Gasteiger partial charge is 0.364 e. The van der Waals surface area contributed by atoms with Gasteiger partial charge in [0.1, 0.15) is 6.10 Å². The molecule has 5 heteroatoms. The maximum Gasteiger partial charge on any atom is 0.253 e. The number of amides is 1. The van der Waals surface area contributed by atoms with Gasteiger partial charge in [-0.1, -0.05) is 12.1 Å². The molecule has 0 unspecified atom stereocenters. The summed E-state index contributed by atoms with van der Waals surface area (Å²) in [5, 5.41) is 2.93. The van der Waals surface area contributed by atoms with E-state index in [0.29, 0.717) is 6.54 Å². The molecule has 1 amide bonds. The first-order valence-electron chi connectivity index (χ1n) is 6.34. The highest BCUT2D eigenvalue weighted by molar-refractivity contribution is 5.95. The van der Waals surface area contributed by atoms with E-state index in [0.717, 1.165) is 29.7 Å². The number of halogens is 1. The van der Waals surface area contributed by atoms with Crippen LogP contribution in [0.3, 0.4) is 0 Å². The van der Waals surface area contributed by atoms with Crippen LogP contribution in [0.5, 0.6) is 0 Å². The van der Waals surface area contributed by atoms with E-state index in [1.807, 2.05) is 32.0 Å². The summed E-state index contributed by atoms with van der Waals surface area (Å²) >= 11 is 0. The van der Waals surface area contributed by atoms with Gasteiger partial charge in [-0.3, -0.25) is 4.79 Å². The van der Waals surface area contributed by atoms with Crippen LogP contribution in [-0.4, -0.2) is 24.7 Å². The zero-order valence-corrected chi connectivity index (χ0v) is 12.1. The van der Waals surface area contributed by atoms with Crippen LogP contribution in [0.2, 0.25) is 0 Å². The van der Waals surface area contributed by atoms with Gasteiger partial charge in [-0.2, -0.15) is 0 Å². The number of carbonyl (C=O) groups excluding carboxylic acids is 1. The van der Waals surface area contributed by atoms with Crippen molar-refractivity contribution >= 4 is 24.0 Å². The second-order valence-electron chi connectivity index (χ2n) is 4.87. The number of anilines is 1. The lowest BCUT2D eigenvalue weighted by molar-refractivity contribution is -0.126.